The quantitative estimate of drug-likeness (QED) is 0.605. The van der Waals surface area contributed by atoms with Crippen molar-refractivity contribution in [1.29, 1.82) is 0 Å². The fourth-order valence-corrected chi connectivity index (χ4v) is 2.15. The zero-order valence-electron chi connectivity index (χ0n) is 8.79. The maximum Gasteiger partial charge on any atom is 0.0414 e. The Morgan fingerprint density at radius 3 is 2.38 bits per heavy atom. The van der Waals surface area contributed by atoms with Gasteiger partial charge < -0.3 is 0 Å². The van der Waals surface area contributed by atoms with Crippen LogP contribution in [0.2, 0.25) is 0 Å². The molecule has 2 nitrogen and oxygen atoms in total. The average Bonchev–Trinajstić information content (AvgIpc) is 2.19. The van der Waals surface area contributed by atoms with Crippen molar-refractivity contribution in [1.82, 2.24) is 5.01 Å². The van der Waals surface area contributed by atoms with Gasteiger partial charge in [-0.25, -0.2) is 0 Å². The van der Waals surface area contributed by atoms with Gasteiger partial charge in [-0.15, -0.1) is 0 Å². The lowest BCUT2D eigenvalue weighted by atomic mass is 9.74. The molecule has 13 heavy (non-hydrogen) atoms. The van der Waals surface area contributed by atoms with Crippen molar-refractivity contribution >= 4 is 5.71 Å². The molecule has 2 atom stereocenters. The Bertz CT molecular complexity index is 204. The SMILES string of the molecule is CC1C/C(=N/N2CCCCC2)C1C. The largest absolute Gasteiger partial charge is 0.297 e. The molecule has 0 N–H and O–H groups in total. The lowest BCUT2D eigenvalue weighted by molar-refractivity contribution is 0.231. The third-order valence-corrected chi connectivity index (χ3v) is 3.51. The Labute approximate surface area is 81.0 Å². The molecule has 1 saturated carbocycles. The molecule has 2 heteroatoms. The summed E-state index contributed by atoms with van der Waals surface area (Å²) in [6, 6.07) is 0. The summed E-state index contributed by atoms with van der Waals surface area (Å²) in [5.74, 6) is 1.60. The van der Waals surface area contributed by atoms with Gasteiger partial charge in [0.25, 0.3) is 0 Å². The molecule has 1 aliphatic carbocycles. The minimum atomic E-state index is 0.738. The van der Waals surface area contributed by atoms with E-state index in [9.17, 15) is 0 Å². The molecule has 1 heterocycles. The van der Waals surface area contributed by atoms with Gasteiger partial charge in [-0.3, -0.25) is 5.01 Å². The fourth-order valence-electron chi connectivity index (χ4n) is 2.15. The third kappa shape index (κ3) is 1.87. The first-order valence-corrected chi connectivity index (χ1v) is 5.59. The first-order chi connectivity index (χ1) is 6.27. The molecule has 1 saturated heterocycles. The molecule has 0 amide bonds. The summed E-state index contributed by atoms with van der Waals surface area (Å²) in [7, 11) is 0. The van der Waals surface area contributed by atoms with Crippen LogP contribution in [0.3, 0.4) is 0 Å². The second-order valence-corrected chi connectivity index (χ2v) is 4.58. The van der Waals surface area contributed by atoms with Crippen molar-refractivity contribution in [2.75, 3.05) is 13.1 Å². The summed E-state index contributed by atoms with van der Waals surface area (Å²) < 4.78 is 0. The fraction of sp³-hybridized carbons (Fsp3) is 0.909. The highest BCUT2D eigenvalue weighted by Crippen LogP contribution is 2.31. The summed E-state index contributed by atoms with van der Waals surface area (Å²) in [5, 5.41) is 7.00. The monoisotopic (exact) mass is 180 g/mol. The van der Waals surface area contributed by atoms with E-state index in [0.717, 1.165) is 11.8 Å². The molecule has 2 unspecified atom stereocenters. The van der Waals surface area contributed by atoms with Crippen LogP contribution in [0, 0.1) is 11.8 Å². The van der Waals surface area contributed by atoms with Gasteiger partial charge in [0.15, 0.2) is 0 Å². The number of hydrogen-bond acceptors (Lipinski definition) is 2. The van der Waals surface area contributed by atoms with E-state index in [1.807, 2.05) is 0 Å². The predicted molar refractivity (Wildman–Crippen MR) is 55.8 cm³/mol. The molecule has 2 fully saturated rings. The van der Waals surface area contributed by atoms with Gasteiger partial charge in [0.1, 0.15) is 0 Å². The molecule has 0 aromatic rings. The molecule has 0 spiro atoms. The van der Waals surface area contributed by atoms with Crippen molar-refractivity contribution in [3.05, 3.63) is 0 Å². The maximum atomic E-state index is 4.72. The molecule has 0 bridgehead atoms. The molecule has 0 radical (unpaired) electrons. The minimum absolute atomic E-state index is 0.738. The van der Waals surface area contributed by atoms with Crippen molar-refractivity contribution < 1.29 is 0 Å². The summed E-state index contributed by atoms with van der Waals surface area (Å²) >= 11 is 0. The van der Waals surface area contributed by atoms with Gasteiger partial charge in [0.2, 0.25) is 0 Å². The normalized spacial score (nSPS) is 37.7. The van der Waals surface area contributed by atoms with Crippen LogP contribution in [0.15, 0.2) is 5.10 Å². The predicted octanol–water partition coefficient (Wildman–Crippen LogP) is 2.50. The maximum absolute atomic E-state index is 4.72. The first-order valence-electron chi connectivity index (χ1n) is 5.59. The number of nitrogens with zero attached hydrogens (tertiary/aromatic N) is 2. The molecular formula is C11H20N2. The lowest BCUT2D eigenvalue weighted by Crippen LogP contribution is -2.36. The Kier molecular flexibility index (Phi) is 2.56. The summed E-state index contributed by atoms with van der Waals surface area (Å²) in [6.07, 6.45) is 5.30. The summed E-state index contributed by atoms with van der Waals surface area (Å²) in [4.78, 5) is 0. The zero-order valence-corrected chi connectivity index (χ0v) is 8.79. The van der Waals surface area contributed by atoms with Gasteiger partial charge in [0, 0.05) is 18.8 Å². The van der Waals surface area contributed by atoms with Crippen LogP contribution in [0.25, 0.3) is 0 Å². The summed E-state index contributed by atoms with van der Waals surface area (Å²) in [5.41, 5.74) is 1.44. The van der Waals surface area contributed by atoms with E-state index < -0.39 is 0 Å². The van der Waals surface area contributed by atoms with Crippen LogP contribution in [0.4, 0.5) is 0 Å². The standard InChI is InChI=1S/C11H20N2/c1-9-8-11(10(9)2)12-13-6-4-3-5-7-13/h9-10H,3-8H2,1-2H3/b12-11-. The minimum Gasteiger partial charge on any atom is -0.297 e. The molecule has 0 aromatic heterocycles. The molecule has 1 aliphatic heterocycles. The van der Waals surface area contributed by atoms with E-state index in [4.69, 9.17) is 5.10 Å². The topological polar surface area (TPSA) is 15.6 Å². The van der Waals surface area contributed by atoms with E-state index in [-0.39, 0.29) is 0 Å². The van der Waals surface area contributed by atoms with E-state index in [0.29, 0.717) is 0 Å². The second-order valence-electron chi connectivity index (χ2n) is 4.58. The van der Waals surface area contributed by atoms with Crippen LogP contribution in [-0.2, 0) is 0 Å². The van der Waals surface area contributed by atoms with Gasteiger partial charge in [-0.05, 0) is 37.5 Å². The molecule has 2 aliphatic rings. The van der Waals surface area contributed by atoms with E-state index >= 15 is 0 Å². The zero-order chi connectivity index (χ0) is 9.26. The highest BCUT2D eigenvalue weighted by atomic mass is 15.5. The van der Waals surface area contributed by atoms with Crippen LogP contribution >= 0.6 is 0 Å². The van der Waals surface area contributed by atoms with Gasteiger partial charge in [-0.2, -0.15) is 5.10 Å². The molecule has 0 aromatic carbocycles. The van der Waals surface area contributed by atoms with Gasteiger partial charge in [0.05, 0.1) is 0 Å². The Hall–Kier alpha value is -0.530. The Morgan fingerprint density at radius 1 is 1.15 bits per heavy atom. The lowest BCUT2D eigenvalue weighted by Gasteiger charge is -2.35. The van der Waals surface area contributed by atoms with Crippen molar-refractivity contribution in [3.63, 3.8) is 0 Å². The number of hydrogen-bond donors (Lipinski definition) is 0. The third-order valence-electron chi connectivity index (χ3n) is 3.51. The molecule has 74 valence electrons. The summed E-state index contributed by atoms with van der Waals surface area (Å²) in [6.45, 7) is 6.99. The number of rotatable bonds is 1. The highest BCUT2D eigenvalue weighted by molar-refractivity contribution is 5.92. The van der Waals surface area contributed by atoms with E-state index in [2.05, 4.69) is 18.9 Å². The molecular weight excluding hydrogens is 160 g/mol. The van der Waals surface area contributed by atoms with E-state index in [1.165, 1.54) is 44.5 Å². The van der Waals surface area contributed by atoms with Crippen LogP contribution in [-0.4, -0.2) is 23.8 Å². The van der Waals surface area contributed by atoms with Crippen molar-refractivity contribution in [2.24, 2.45) is 16.9 Å². The number of hydrazone groups is 1. The first kappa shape index (κ1) is 9.04. The molecule has 2 rings (SSSR count). The van der Waals surface area contributed by atoms with Crippen LogP contribution in [0.5, 0.6) is 0 Å². The average molecular weight is 180 g/mol. The van der Waals surface area contributed by atoms with Gasteiger partial charge in [-0.1, -0.05) is 13.8 Å². The van der Waals surface area contributed by atoms with Gasteiger partial charge >= 0.3 is 0 Å². The van der Waals surface area contributed by atoms with Crippen LogP contribution in [0.1, 0.15) is 39.5 Å². The van der Waals surface area contributed by atoms with E-state index in [1.54, 1.807) is 0 Å². The highest BCUT2D eigenvalue weighted by Gasteiger charge is 2.30. The Balaban J connectivity index is 1.88. The van der Waals surface area contributed by atoms with Crippen molar-refractivity contribution in [3.8, 4) is 0 Å². The van der Waals surface area contributed by atoms with Crippen molar-refractivity contribution in [2.45, 2.75) is 39.5 Å². The van der Waals surface area contributed by atoms with Crippen LogP contribution < -0.4 is 0 Å². The number of piperidine rings is 1. The second kappa shape index (κ2) is 3.69. The smallest absolute Gasteiger partial charge is 0.0414 e. The Morgan fingerprint density at radius 2 is 1.85 bits per heavy atom.